The number of benzene rings is 1. The van der Waals surface area contributed by atoms with E-state index in [4.69, 9.17) is 11.6 Å². The summed E-state index contributed by atoms with van der Waals surface area (Å²) in [6.45, 7) is 4.79. The molecule has 18 heavy (non-hydrogen) atoms. The first-order valence-electron chi connectivity index (χ1n) is 6.31. The molecule has 1 N–H and O–H groups in total. The van der Waals surface area contributed by atoms with Crippen LogP contribution in [0.3, 0.4) is 0 Å². The van der Waals surface area contributed by atoms with E-state index in [0.29, 0.717) is 5.02 Å². The lowest BCUT2D eigenvalue weighted by Crippen LogP contribution is -2.39. The molecule has 0 aliphatic heterocycles. The van der Waals surface area contributed by atoms with Crippen LogP contribution < -0.4 is 5.32 Å². The fraction of sp³-hybridized carbons (Fsp3) is 0.500. The van der Waals surface area contributed by atoms with Crippen LogP contribution in [0.2, 0.25) is 5.02 Å². The molecule has 3 nitrogen and oxygen atoms in total. The summed E-state index contributed by atoms with van der Waals surface area (Å²) in [5.74, 6) is 0.100. The van der Waals surface area contributed by atoms with Crippen LogP contribution in [0.4, 0.5) is 5.69 Å². The van der Waals surface area contributed by atoms with E-state index in [-0.39, 0.29) is 11.9 Å². The first-order valence-corrected chi connectivity index (χ1v) is 6.69. The van der Waals surface area contributed by atoms with E-state index in [0.717, 1.165) is 25.1 Å². The topological polar surface area (TPSA) is 32.3 Å². The highest BCUT2D eigenvalue weighted by atomic mass is 35.5. The van der Waals surface area contributed by atoms with Crippen LogP contribution in [0.15, 0.2) is 24.3 Å². The number of unbranched alkanes of at least 4 members (excludes halogenated alkanes) is 1. The Bertz CT molecular complexity index is 395. The molecule has 0 heterocycles. The maximum Gasteiger partial charge on any atom is 0.244 e. The monoisotopic (exact) mass is 268 g/mol. The SMILES string of the molecule is CCCCN(C)C(=O)C(C)Nc1cccc(Cl)c1. The van der Waals surface area contributed by atoms with Gasteiger partial charge in [0.25, 0.3) is 0 Å². The Hall–Kier alpha value is -1.22. The Kier molecular flexibility index (Phi) is 5.99. The van der Waals surface area contributed by atoms with Crippen molar-refractivity contribution in [3.63, 3.8) is 0 Å². The molecule has 0 spiro atoms. The van der Waals surface area contributed by atoms with Crippen molar-refractivity contribution in [2.75, 3.05) is 18.9 Å². The summed E-state index contributed by atoms with van der Waals surface area (Å²) in [4.78, 5) is 13.8. The molecule has 0 aliphatic rings. The van der Waals surface area contributed by atoms with Gasteiger partial charge in [-0.1, -0.05) is 31.0 Å². The van der Waals surface area contributed by atoms with Crippen LogP contribution in [-0.2, 0) is 4.79 Å². The molecule has 0 aromatic heterocycles. The number of nitrogens with one attached hydrogen (secondary N) is 1. The van der Waals surface area contributed by atoms with Crippen LogP contribution in [0.1, 0.15) is 26.7 Å². The van der Waals surface area contributed by atoms with Gasteiger partial charge in [0, 0.05) is 24.3 Å². The summed E-state index contributed by atoms with van der Waals surface area (Å²) >= 11 is 5.90. The molecule has 4 heteroatoms. The summed E-state index contributed by atoms with van der Waals surface area (Å²) in [5, 5.41) is 3.83. The second-order valence-electron chi connectivity index (χ2n) is 4.49. The number of carbonyl (C=O) groups excluding carboxylic acids is 1. The number of hydrogen-bond donors (Lipinski definition) is 1. The molecule has 1 unspecified atom stereocenters. The normalized spacial score (nSPS) is 12.0. The molecule has 1 atom stereocenters. The van der Waals surface area contributed by atoms with Crippen molar-refractivity contribution in [2.45, 2.75) is 32.7 Å². The molecule has 1 rings (SSSR count). The van der Waals surface area contributed by atoms with Gasteiger partial charge in [0.05, 0.1) is 0 Å². The van der Waals surface area contributed by atoms with Crippen LogP contribution in [0.5, 0.6) is 0 Å². The summed E-state index contributed by atoms with van der Waals surface area (Å²) in [6, 6.07) is 7.15. The van der Waals surface area contributed by atoms with Crippen LogP contribution in [0, 0.1) is 0 Å². The van der Waals surface area contributed by atoms with Crippen molar-refractivity contribution in [2.24, 2.45) is 0 Å². The van der Waals surface area contributed by atoms with Gasteiger partial charge >= 0.3 is 0 Å². The number of anilines is 1. The zero-order valence-corrected chi connectivity index (χ0v) is 12.0. The number of nitrogens with zero attached hydrogens (tertiary/aromatic N) is 1. The maximum atomic E-state index is 12.1. The number of likely N-dealkylation sites (N-methyl/N-ethyl adjacent to an activating group) is 1. The fourth-order valence-corrected chi connectivity index (χ4v) is 1.92. The number of halogens is 1. The molecule has 0 aliphatic carbocycles. The third-order valence-corrected chi connectivity index (χ3v) is 3.04. The molecule has 0 fully saturated rings. The lowest BCUT2D eigenvalue weighted by Gasteiger charge is -2.22. The molecule has 0 bridgehead atoms. The second-order valence-corrected chi connectivity index (χ2v) is 4.93. The number of hydrogen-bond acceptors (Lipinski definition) is 2. The predicted octanol–water partition coefficient (Wildman–Crippen LogP) is 3.40. The van der Waals surface area contributed by atoms with E-state index < -0.39 is 0 Å². The van der Waals surface area contributed by atoms with Gasteiger partial charge in [0.1, 0.15) is 6.04 Å². The highest BCUT2D eigenvalue weighted by molar-refractivity contribution is 6.30. The molecule has 1 amide bonds. The summed E-state index contributed by atoms with van der Waals surface area (Å²) in [5.41, 5.74) is 0.868. The van der Waals surface area contributed by atoms with E-state index in [9.17, 15) is 4.79 Å². The predicted molar refractivity (Wildman–Crippen MR) is 77.1 cm³/mol. The van der Waals surface area contributed by atoms with Crippen molar-refractivity contribution in [1.82, 2.24) is 4.90 Å². The lowest BCUT2D eigenvalue weighted by molar-refractivity contribution is -0.130. The Morgan fingerprint density at radius 2 is 2.22 bits per heavy atom. The Morgan fingerprint density at radius 3 is 2.83 bits per heavy atom. The van der Waals surface area contributed by atoms with Gasteiger partial charge in [-0.25, -0.2) is 0 Å². The van der Waals surface area contributed by atoms with E-state index >= 15 is 0 Å². The van der Waals surface area contributed by atoms with E-state index in [1.165, 1.54) is 0 Å². The number of rotatable bonds is 6. The van der Waals surface area contributed by atoms with Crippen molar-refractivity contribution in [3.05, 3.63) is 29.3 Å². The zero-order valence-electron chi connectivity index (χ0n) is 11.2. The van der Waals surface area contributed by atoms with Gasteiger partial charge in [0.2, 0.25) is 5.91 Å². The van der Waals surface area contributed by atoms with Crippen LogP contribution in [-0.4, -0.2) is 30.4 Å². The molecular weight excluding hydrogens is 248 g/mol. The average Bonchev–Trinajstić information content (AvgIpc) is 2.35. The molecule has 1 aromatic rings. The maximum absolute atomic E-state index is 12.1. The zero-order chi connectivity index (χ0) is 13.5. The van der Waals surface area contributed by atoms with Gasteiger partial charge in [-0.2, -0.15) is 0 Å². The average molecular weight is 269 g/mol. The van der Waals surface area contributed by atoms with Crippen molar-refractivity contribution in [3.8, 4) is 0 Å². The lowest BCUT2D eigenvalue weighted by atomic mass is 10.2. The smallest absolute Gasteiger partial charge is 0.244 e. The second kappa shape index (κ2) is 7.27. The molecule has 0 saturated carbocycles. The van der Waals surface area contributed by atoms with E-state index in [2.05, 4.69) is 12.2 Å². The summed E-state index contributed by atoms with van der Waals surface area (Å²) in [7, 11) is 1.84. The highest BCUT2D eigenvalue weighted by Crippen LogP contribution is 2.16. The van der Waals surface area contributed by atoms with Gasteiger partial charge in [-0.15, -0.1) is 0 Å². The molecular formula is C14H21ClN2O. The Balaban J connectivity index is 2.54. The minimum Gasteiger partial charge on any atom is -0.374 e. The standard InChI is InChI=1S/C14H21ClN2O/c1-4-5-9-17(3)14(18)11(2)16-13-8-6-7-12(15)10-13/h6-8,10-11,16H,4-5,9H2,1-3H3. The van der Waals surface area contributed by atoms with Crippen molar-refractivity contribution >= 4 is 23.2 Å². The van der Waals surface area contributed by atoms with Crippen molar-refractivity contribution in [1.29, 1.82) is 0 Å². The van der Waals surface area contributed by atoms with Crippen molar-refractivity contribution < 1.29 is 4.79 Å². The minimum atomic E-state index is -0.245. The number of amides is 1. The van der Waals surface area contributed by atoms with Crippen LogP contribution in [0.25, 0.3) is 0 Å². The fourth-order valence-electron chi connectivity index (χ4n) is 1.73. The molecule has 100 valence electrons. The van der Waals surface area contributed by atoms with E-state index in [1.807, 2.05) is 38.2 Å². The third kappa shape index (κ3) is 4.57. The minimum absolute atomic E-state index is 0.100. The largest absolute Gasteiger partial charge is 0.374 e. The Labute approximate surface area is 114 Å². The van der Waals surface area contributed by atoms with Gasteiger partial charge in [-0.3, -0.25) is 4.79 Å². The highest BCUT2D eigenvalue weighted by Gasteiger charge is 2.16. The van der Waals surface area contributed by atoms with Gasteiger partial charge in [-0.05, 0) is 31.5 Å². The third-order valence-electron chi connectivity index (χ3n) is 2.80. The quantitative estimate of drug-likeness (QED) is 0.858. The Morgan fingerprint density at radius 1 is 1.50 bits per heavy atom. The molecule has 0 saturated heterocycles. The van der Waals surface area contributed by atoms with Gasteiger partial charge < -0.3 is 10.2 Å². The number of carbonyl (C=O) groups is 1. The summed E-state index contributed by atoms with van der Waals surface area (Å²) < 4.78 is 0. The van der Waals surface area contributed by atoms with Gasteiger partial charge in [0.15, 0.2) is 0 Å². The first-order chi connectivity index (χ1) is 8.54. The molecule has 1 aromatic carbocycles. The molecule has 0 radical (unpaired) electrons. The van der Waals surface area contributed by atoms with Crippen LogP contribution >= 0.6 is 11.6 Å². The van der Waals surface area contributed by atoms with E-state index in [1.54, 1.807) is 4.90 Å². The summed E-state index contributed by atoms with van der Waals surface area (Å²) in [6.07, 6.45) is 2.12. The first kappa shape index (κ1) is 14.8.